The number of aromatic nitrogens is 1. The Kier molecular flexibility index (Phi) is 5.20. The van der Waals surface area contributed by atoms with Crippen molar-refractivity contribution >= 4 is 29.0 Å². The van der Waals surface area contributed by atoms with E-state index in [4.69, 9.17) is 0 Å². The summed E-state index contributed by atoms with van der Waals surface area (Å²) in [4.78, 5) is 29.0. The van der Waals surface area contributed by atoms with E-state index >= 15 is 0 Å². The van der Waals surface area contributed by atoms with E-state index in [1.807, 2.05) is 42.6 Å². The first-order valence-corrected chi connectivity index (χ1v) is 8.64. The molecule has 126 valence electrons. The molecule has 2 aromatic heterocycles. The topological polar surface area (TPSA) is 71.1 Å². The average Bonchev–Trinajstić information content (AvgIpc) is 3.15. The predicted octanol–water partition coefficient (Wildman–Crippen LogP) is 3.63. The van der Waals surface area contributed by atoms with Crippen LogP contribution in [0, 0.1) is 6.92 Å². The Morgan fingerprint density at radius 3 is 2.56 bits per heavy atom. The van der Waals surface area contributed by atoms with E-state index in [1.165, 1.54) is 11.3 Å². The molecule has 0 spiro atoms. The lowest BCUT2D eigenvalue weighted by Gasteiger charge is -2.07. The highest BCUT2D eigenvalue weighted by Gasteiger charge is 2.08. The van der Waals surface area contributed by atoms with E-state index in [1.54, 1.807) is 24.4 Å². The van der Waals surface area contributed by atoms with Crippen molar-refractivity contribution in [3.05, 3.63) is 81.7 Å². The molecule has 3 rings (SSSR count). The summed E-state index contributed by atoms with van der Waals surface area (Å²) in [6, 6.07) is 14.4. The Balaban J connectivity index is 1.58. The van der Waals surface area contributed by atoms with E-state index in [0.717, 1.165) is 11.1 Å². The molecule has 0 saturated carbocycles. The van der Waals surface area contributed by atoms with E-state index < -0.39 is 0 Å². The fourth-order valence-corrected chi connectivity index (χ4v) is 2.88. The largest absolute Gasteiger partial charge is 0.347 e. The van der Waals surface area contributed by atoms with Gasteiger partial charge in [0.15, 0.2) is 0 Å². The second-order valence-electron chi connectivity index (χ2n) is 5.53. The van der Waals surface area contributed by atoms with E-state index in [0.29, 0.717) is 22.8 Å². The van der Waals surface area contributed by atoms with Gasteiger partial charge in [-0.05, 0) is 53.8 Å². The van der Waals surface area contributed by atoms with Crippen LogP contribution in [-0.4, -0.2) is 16.8 Å². The first-order chi connectivity index (χ1) is 12.1. The van der Waals surface area contributed by atoms with Crippen LogP contribution in [0.2, 0.25) is 0 Å². The van der Waals surface area contributed by atoms with Gasteiger partial charge in [0.05, 0.1) is 4.88 Å². The van der Waals surface area contributed by atoms with Crippen LogP contribution in [0.5, 0.6) is 0 Å². The second kappa shape index (κ2) is 7.72. The summed E-state index contributed by atoms with van der Waals surface area (Å²) in [6.07, 6.45) is 1.66. The van der Waals surface area contributed by atoms with Gasteiger partial charge in [-0.15, -0.1) is 11.3 Å². The van der Waals surface area contributed by atoms with Crippen molar-refractivity contribution in [2.45, 2.75) is 13.5 Å². The van der Waals surface area contributed by atoms with E-state index in [2.05, 4.69) is 15.6 Å². The van der Waals surface area contributed by atoms with Gasteiger partial charge in [-0.1, -0.05) is 18.2 Å². The van der Waals surface area contributed by atoms with Crippen molar-refractivity contribution in [3.8, 4) is 0 Å². The number of nitrogens with one attached hydrogen (secondary N) is 2. The van der Waals surface area contributed by atoms with Gasteiger partial charge in [0.2, 0.25) is 0 Å². The third-order valence-electron chi connectivity index (χ3n) is 3.57. The van der Waals surface area contributed by atoms with Gasteiger partial charge in [0, 0.05) is 18.3 Å². The lowest BCUT2D eigenvalue weighted by Crippen LogP contribution is -2.21. The zero-order chi connectivity index (χ0) is 17.6. The molecule has 5 nitrogen and oxygen atoms in total. The molecule has 2 heterocycles. The highest BCUT2D eigenvalue weighted by molar-refractivity contribution is 7.12. The van der Waals surface area contributed by atoms with Crippen molar-refractivity contribution in [2.75, 3.05) is 5.32 Å². The van der Waals surface area contributed by atoms with Gasteiger partial charge in [-0.3, -0.25) is 9.59 Å². The third kappa shape index (κ3) is 4.51. The number of nitrogens with zero attached hydrogens (tertiary/aromatic N) is 1. The number of pyridine rings is 1. The van der Waals surface area contributed by atoms with E-state index in [9.17, 15) is 9.59 Å². The summed E-state index contributed by atoms with van der Waals surface area (Å²) in [5, 5.41) is 7.49. The summed E-state index contributed by atoms with van der Waals surface area (Å²) in [5.41, 5.74) is 2.49. The highest BCUT2D eigenvalue weighted by Crippen LogP contribution is 2.11. The monoisotopic (exact) mass is 351 g/mol. The zero-order valence-corrected chi connectivity index (χ0v) is 14.5. The van der Waals surface area contributed by atoms with Gasteiger partial charge >= 0.3 is 0 Å². The molecule has 0 unspecified atom stereocenters. The molecule has 2 amide bonds. The number of rotatable bonds is 5. The van der Waals surface area contributed by atoms with Crippen LogP contribution in [0.1, 0.15) is 31.2 Å². The third-order valence-corrected chi connectivity index (χ3v) is 4.44. The van der Waals surface area contributed by atoms with Gasteiger partial charge in [0.25, 0.3) is 11.8 Å². The normalized spacial score (nSPS) is 10.3. The van der Waals surface area contributed by atoms with Gasteiger partial charge < -0.3 is 10.6 Å². The molecule has 3 aromatic rings. The summed E-state index contributed by atoms with van der Waals surface area (Å²) in [7, 11) is 0. The van der Waals surface area contributed by atoms with Crippen LogP contribution < -0.4 is 10.6 Å². The molecule has 0 saturated heterocycles. The number of amides is 2. The van der Waals surface area contributed by atoms with Crippen LogP contribution in [-0.2, 0) is 6.54 Å². The van der Waals surface area contributed by atoms with Crippen molar-refractivity contribution < 1.29 is 9.59 Å². The number of benzene rings is 1. The molecule has 2 N–H and O–H groups in total. The van der Waals surface area contributed by atoms with Crippen LogP contribution in [0.4, 0.5) is 5.82 Å². The highest BCUT2D eigenvalue weighted by atomic mass is 32.1. The quantitative estimate of drug-likeness (QED) is 0.737. The lowest BCUT2D eigenvalue weighted by atomic mass is 10.1. The van der Waals surface area contributed by atoms with Gasteiger partial charge in [-0.2, -0.15) is 0 Å². The Morgan fingerprint density at radius 2 is 1.88 bits per heavy atom. The summed E-state index contributed by atoms with van der Waals surface area (Å²) < 4.78 is 0. The number of carbonyl (C=O) groups excluding carboxylic acids is 2. The molecule has 0 aliphatic heterocycles. The number of aryl methyl sites for hydroxylation is 1. The molecular weight excluding hydrogens is 334 g/mol. The maximum Gasteiger partial charge on any atom is 0.261 e. The Labute approximate surface area is 149 Å². The van der Waals surface area contributed by atoms with E-state index in [-0.39, 0.29) is 11.8 Å². The van der Waals surface area contributed by atoms with Crippen LogP contribution in [0.3, 0.4) is 0 Å². The molecule has 0 fully saturated rings. The van der Waals surface area contributed by atoms with Crippen LogP contribution in [0.25, 0.3) is 0 Å². The zero-order valence-electron chi connectivity index (χ0n) is 13.7. The molecule has 0 aliphatic carbocycles. The molecule has 1 aromatic carbocycles. The summed E-state index contributed by atoms with van der Waals surface area (Å²) in [5.74, 6) is 0.215. The molecule has 0 bridgehead atoms. The fraction of sp³-hybridized carbons (Fsp3) is 0.105. The maximum atomic E-state index is 12.2. The summed E-state index contributed by atoms with van der Waals surface area (Å²) in [6.45, 7) is 2.36. The van der Waals surface area contributed by atoms with Crippen molar-refractivity contribution in [1.82, 2.24) is 10.3 Å². The van der Waals surface area contributed by atoms with Crippen LogP contribution in [0.15, 0.2) is 60.1 Å². The Morgan fingerprint density at radius 1 is 1.08 bits per heavy atom. The van der Waals surface area contributed by atoms with Crippen molar-refractivity contribution in [3.63, 3.8) is 0 Å². The summed E-state index contributed by atoms with van der Waals surface area (Å²) >= 11 is 1.40. The number of hydrogen-bond donors (Lipinski definition) is 2. The molecule has 25 heavy (non-hydrogen) atoms. The number of hydrogen-bond acceptors (Lipinski definition) is 4. The first-order valence-electron chi connectivity index (χ1n) is 7.76. The molecule has 6 heteroatoms. The minimum atomic E-state index is -0.215. The van der Waals surface area contributed by atoms with Crippen molar-refractivity contribution in [1.29, 1.82) is 0 Å². The predicted molar refractivity (Wildman–Crippen MR) is 98.9 cm³/mol. The van der Waals surface area contributed by atoms with Crippen LogP contribution >= 0.6 is 11.3 Å². The number of carbonyl (C=O) groups is 2. The smallest absolute Gasteiger partial charge is 0.261 e. The standard InChI is InChI=1S/C19H17N3O2S/c1-13-8-9-20-17(11-13)22-18(23)15-6-4-14(5-7-15)12-21-19(24)16-3-2-10-25-16/h2-11H,12H2,1H3,(H,21,24)(H,20,22,23). The molecular formula is C19H17N3O2S. The first kappa shape index (κ1) is 16.9. The average molecular weight is 351 g/mol. The molecule has 0 radical (unpaired) electrons. The Bertz CT molecular complexity index is 874. The molecule has 0 aliphatic rings. The second-order valence-corrected chi connectivity index (χ2v) is 6.48. The SMILES string of the molecule is Cc1ccnc(NC(=O)c2ccc(CNC(=O)c3cccs3)cc2)c1. The van der Waals surface area contributed by atoms with Crippen molar-refractivity contribution in [2.24, 2.45) is 0 Å². The minimum Gasteiger partial charge on any atom is -0.347 e. The van der Waals surface area contributed by atoms with Gasteiger partial charge in [0.1, 0.15) is 5.82 Å². The molecule has 0 atom stereocenters. The minimum absolute atomic E-state index is 0.0951. The fourth-order valence-electron chi connectivity index (χ4n) is 2.24. The van der Waals surface area contributed by atoms with Gasteiger partial charge in [-0.25, -0.2) is 4.98 Å². The Hall–Kier alpha value is -2.99. The lowest BCUT2D eigenvalue weighted by molar-refractivity contribution is 0.0953. The number of anilines is 1. The number of thiophene rings is 1. The maximum absolute atomic E-state index is 12.2.